The number of rotatable bonds is 5. The summed E-state index contributed by atoms with van der Waals surface area (Å²) in [4.78, 5) is 12.2. The highest BCUT2D eigenvalue weighted by molar-refractivity contribution is 6.30. The second-order valence-corrected chi connectivity index (χ2v) is 6.16. The highest BCUT2D eigenvalue weighted by Crippen LogP contribution is 2.36. The van der Waals surface area contributed by atoms with Gasteiger partial charge in [-0.15, -0.1) is 0 Å². The zero-order valence-electron chi connectivity index (χ0n) is 11.9. The minimum atomic E-state index is -0.147. The van der Waals surface area contributed by atoms with Crippen LogP contribution in [0.15, 0.2) is 24.3 Å². The highest BCUT2D eigenvalue weighted by atomic mass is 35.5. The van der Waals surface area contributed by atoms with Gasteiger partial charge in [-0.25, -0.2) is 0 Å². The molecule has 1 fully saturated rings. The number of carbonyl (C=O) groups is 1. The summed E-state index contributed by atoms with van der Waals surface area (Å²) in [6.45, 7) is 2.24. The average Bonchev–Trinajstić information content (AvgIpc) is 2.98. The number of amides is 1. The minimum Gasteiger partial charge on any atom is -0.349 e. The van der Waals surface area contributed by atoms with E-state index >= 15 is 0 Å². The molecule has 2 rings (SSSR count). The van der Waals surface area contributed by atoms with Crippen LogP contribution in [0.4, 0.5) is 0 Å². The van der Waals surface area contributed by atoms with E-state index in [4.69, 9.17) is 17.3 Å². The van der Waals surface area contributed by atoms with Crippen molar-refractivity contribution in [2.45, 2.75) is 38.6 Å². The van der Waals surface area contributed by atoms with Crippen molar-refractivity contribution in [3.05, 3.63) is 34.9 Å². The van der Waals surface area contributed by atoms with E-state index in [1.165, 1.54) is 25.7 Å². The fraction of sp³-hybridized carbons (Fsp3) is 0.562. The first kappa shape index (κ1) is 15.3. The van der Waals surface area contributed by atoms with Gasteiger partial charge in [-0.3, -0.25) is 4.79 Å². The molecule has 1 aromatic carbocycles. The summed E-state index contributed by atoms with van der Waals surface area (Å²) in [5.74, 6) is 0.413. The summed E-state index contributed by atoms with van der Waals surface area (Å²) in [5, 5.41) is 3.91. The maximum absolute atomic E-state index is 12.2. The van der Waals surface area contributed by atoms with Gasteiger partial charge in [-0.05, 0) is 36.5 Å². The van der Waals surface area contributed by atoms with Gasteiger partial charge in [0.2, 0.25) is 5.91 Å². The Balaban J connectivity index is 2.16. The van der Waals surface area contributed by atoms with Gasteiger partial charge in [0.15, 0.2) is 0 Å². The van der Waals surface area contributed by atoms with Gasteiger partial charge in [0.1, 0.15) is 0 Å². The molecular formula is C16H23ClN2O. The predicted octanol–water partition coefficient (Wildman–Crippen LogP) is 3.28. The molecule has 20 heavy (non-hydrogen) atoms. The third-order valence-electron chi connectivity index (χ3n) is 4.20. The van der Waals surface area contributed by atoms with E-state index in [-0.39, 0.29) is 17.9 Å². The maximum Gasteiger partial charge on any atom is 0.224 e. The van der Waals surface area contributed by atoms with Gasteiger partial charge in [-0.1, -0.05) is 43.5 Å². The fourth-order valence-electron chi connectivity index (χ4n) is 2.84. The van der Waals surface area contributed by atoms with Crippen LogP contribution < -0.4 is 11.1 Å². The van der Waals surface area contributed by atoms with Crippen molar-refractivity contribution in [3.8, 4) is 0 Å². The molecule has 2 unspecified atom stereocenters. The topological polar surface area (TPSA) is 55.1 Å². The number of nitrogens with one attached hydrogen (secondary N) is 1. The zero-order valence-corrected chi connectivity index (χ0v) is 12.7. The van der Waals surface area contributed by atoms with Crippen LogP contribution in [0.25, 0.3) is 0 Å². The Morgan fingerprint density at radius 3 is 2.50 bits per heavy atom. The number of nitrogens with two attached hydrogens (primary N) is 1. The van der Waals surface area contributed by atoms with Crippen molar-refractivity contribution in [3.63, 3.8) is 0 Å². The molecular weight excluding hydrogens is 272 g/mol. The number of hydrogen-bond acceptors (Lipinski definition) is 2. The van der Waals surface area contributed by atoms with Crippen molar-refractivity contribution >= 4 is 17.5 Å². The monoisotopic (exact) mass is 294 g/mol. The van der Waals surface area contributed by atoms with Gasteiger partial charge in [-0.2, -0.15) is 0 Å². The first-order valence-electron chi connectivity index (χ1n) is 7.37. The maximum atomic E-state index is 12.2. The van der Waals surface area contributed by atoms with E-state index in [0.717, 1.165) is 10.6 Å². The predicted molar refractivity (Wildman–Crippen MR) is 82.5 cm³/mol. The van der Waals surface area contributed by atoms with Crippen molar-refractivity contribution in [1.82, 2.24) is 5.32 Å². The lowest BCUT2D eigenvalue weighted by Crippen LogP contribution is -2.38. The lowest BCUT2D eigenvalue weighted by atomic mass is 9.91. The Kier molecular flexibility index (Phi) is 5.44. The molecule has 0 bridgehead atoms. The van der Waals surface area contributed by atoms with Crippen molar-refractivity contribution in [1.29, 1.82) is 0 Å². The average molecular weight is 295 g/mol. The molecule has 0 aliphatic heterocycles. The smallest absolute Gasteiger partial charge is 0.224 e. The first-order valence-corrected chi connectivity index (χ1v) is 7.75. The molecule has 1 aliphatic carbocycles. The van der Waals surface area contributed by atoms with Crippen LogP contribution in [-0.4, -0.2) is 12.5 Å². The molecule has 3 nitrogen and oxygen atoms in total. The molecule has 2 atom stereocenters. The molecule has 3 N–H and O–H groups in total. The van der Waals surface area contributed by atoms with E-state index in [9.17, 15) is 4.79 Å². The van der Waals surface area contributed by atoms with Crippen molar-refractivity contribution in [2.24, 2.45) is 17.6 Å². The third-order valence-corrected chi connectivity index (χ3v) is 4.45. The largest absolute Gasteiger partial charge is 0.349 e. The Morgan fingerprint density at radius 1 is 1.35 bits per heavy atom. The second kappa shape index (κ2) is 7.09. The third kappa shape index (κ3) is 3.74. The molecule has 1 aromatic rings. The summed E-state index contributed by atoms with van der Waals surface area (Å²) in [6.07, 6.45) is 4.84. The molecule has 4 heteroatoms. The summed E-state index contributed by atoms with van der Waals surface area (Å²) < 4.78 is 0. The van der Waals surface area contributed by atoms with Gasteiger partial charge < -0.3 is 11.1 Å². The lowest BCUT2D eigenvalue weighted by Gasteiger charge is -2.26. The highest BCUT2D eigenvalue weighted by Gasteiger charge is 2.28. The molecule has 0 aromatic heterocycles. The second-order valence-electron chi connectivity index (χ2n) is 5.72. The number of carbonyl (C=O) groups excluding carboxylic acids is 1. The minimum absolute atomic E-state index is 0.0411. The Bertz CT molecular complexity index is 440. The molecule has 1 saturated carbocycles. The van der Waals surface area contributed by atoms with E-state index in [1.54, 1.807) is 0 Å². The first-order chi connectivity index (χ1) is 9.61. The van der Waals surface area contributed by atoms with E-state index in [1.807, 2.05) is 31.2 Å². The fourth-order valence-corrected chi connectivity index (χ4v) is 2.96. The van der Waals surface area contributed by atoms with Crippen LogP contribution in [0.5, 0.6) is 0 Å². The zero-order chi connectivity index (χ0) is 14.5. The van der Waals surface area contributed by atoms with Crippen molar-refractivity contribution in [2.75, 3.05) is 6.54 Å². The van der Waals surface area contributed by atoms with E-state index in [0.29, 0.717) is 12.5 Å². The quantitative estimate of drug-likeness (QED) is 0.875. The van der Waals surface area contributed by atoms with E-state index < -0.39 is 0 Å². The van der Waals surface area contributed by atoms with Gasteiger partial charge >= 0.3 is 0 Å². The van der Waals surface area contributed by atoms with Crippen LogP contribution in [0.3, 0.4) is 0 Å². The number of benzene rings is 1. The SMILES string of the molecule is CC(CN)C(=O)NC(c1ccc(Cl)cc1)C1CCCC1. The molecule has 0 heterocycles. The van der Waals surface area contributed by atoms with Gasteiger partial charge in [0, 0.05) is 17.5 Å². The number of halogens is 1. The van der Waals surface area contributed by atoms with Gasteiger partial charge in [0.25, 0.3) is 0 Å². The normalized spacial score (nSPS) is 18.8. The Labute approximate surface area is 125 Å². The summed E-state index contributed by atoms with van der Waals surface area (Å²) in [7, 11) is 0. The molecule has 1 aliphatic rings. The number of hydrogen-bond donors (Lipinski definition) is 2. The van der Waals surface area contributed by atoms with Gasteiger partial charge in [0.05, 0.1) is 6.04 Å². The summed E-state index contributed by atoms with van der Waals surface area (Å²) >= 11 is 5.95. The van der Waals surface area contributed by atoms with Crippen LogP contribution in [0, 0.1) is 11.8 Å². The lowest BCUT2D eigenvalue weighted by molar-refractivity contribution is -0.125. The van der Waals surface area contributed by atoms with Crippen LogP contribution >= 0.6 is 11.6 Å². The van der Waals surface area contributed by atoms with E-state index in [2.05, 4.69) is 5.32 Å². The van der Waals surface area contributed by atoms with Crippen LogP contribution in [0.1, 0.15) is 44.2 Å². The van der Waals surface area contributed by atoms with Crippen molar-refractivity contribution < 1.29 is 4.79 Å². The molecule has 0 saturated heterocycles. The molecule has 0 radical (unpaired) electrons. The summed E-state index contributed by atoms with van der Waals surface area (Å²) in [6, 6.07) is 7.88. The molecule has 1 amide bonds. The Hall–Kier alpha value is -1.06. The standard InChI is InChI=1S/C16H23ClN2O/c1-11(10-18)16(20)19-15(12-4-2-3-5-12)13-6-8-14(17)9-7-13/h6-9,11-12,15H,2-5,10,18H2,1H3,(H,19,20). The summed E-state index contributed by atoms with van der Waals surface area (Å²) in [5.41, 5.74) is 6.72. The Morgan fingerprint density at radius 2 is 1.95 bits per heavy atom. The van der Waals surface area contributed by atoms with Crippen LogP contribution in [0.2, 0.25) is 5.02 Å². The van der Waals surface area contributed by atoms with Crippen LogP contribution in [-0.2, 0) is 4.79 Å². The molecule has 0 spiro atoms. The molecule has 110 valence electrons.